The fourth-order valence-electron chi connectivity index (χ4n) is 1.26. The summed E-state index contributed by atoms with van der Waals surface area (Å²) in [5.74, 6) is -0.434. The third-order valence-electron chi connectivity index (χ3n) is 2.07. The summed E-state index contributed by atoms with van der Waals surface area (Å²) in [7, 11) is 0. The molecule has 0 aliphatic rings. The predicted molar refractivity (Wildman–Crippen MR) is 71.5 cm³/mol. The van der Waals surface area contributed by atoms with Crippen LogP contribution in [0.2, 0.25) is 5.02 Å². The molecular formula is C11H14ClN3O2S. The Balaban J connectivity index is 2.84. The number of pyridine rings is 1. The molecule has 3 N–H and O–H groups in total. The van der Waals surface area contributed by atoms with Gasteiger partial charge in [0, 0.05) is 6.20 Å². The zero-order chi connectivity index (χ0) is 13.7. The third kappa shape index (κ3) is 4.19. The van der Waals surface area contributed by atoms with Gasteiger partial charge in [-0.3, -0.25) is 10.1 Å². The molecule has 0 aliphatic carbocycles. The van der Waals surface area contributed by atoms with Crippen LogP contribution >= 0.6 is 23.4 Å². The van der Waals surface area contributed by atoms with Gasteiger partial charge in [0.1, 0.15) is 5.03 Å². The van der Waals surface area contributed by atoms with E-state index < -0.39 is 17.2 Å². The summed E-state index contributed by atoms with van der Waals surface area (Å²) in [5, 5.41) is 2.62. The van der Waals surface area contributed by atoms with Gasteiger partial charge < -0.3 is 5.73 Å². The molecule has 0 aromatic carbocycles. The lowest BCUT2D eigenvalue weighted by molar-refractivity contribution is -0.120. The van der Waals surface area contributed by atoms with Gasteiger partial charge in [0.2, 0.25) is 5.91 Å². The van der Waals surface area contributed by atoms with E-state index in [2.05, 4.69) is 10.3 Å². The van der Waals surface area contributed by atoms with Gasteiger partial charge in [0.05, 0.1) is 10.3 Å². The fraction of sp³-hybridized carbons (Fsp3) is 0.364. The summed E-state index contributed by atoms with van der Waals surface area (Å²) < 4.78 is 0. The molecule has 98 valence electrons. The Morgan fingerprint density at radius 3 is 2.67 bits per heavy atom. The number of halogens is 1. The van der Waals surface area contributed by atoms with Gasteiger partial charge in [-0.25, -0.2) is 9.78 Å². The number of carbonyl (C=O) groups is 2. The smallest absolute Gasteiger partial charge is 0.318 e. The molecule has 1 heterocycles. The third-order valence-corrected chi connectivity index (χ3v) is 4.05. The fourth-order valence-corrected chi connectivity index (χ4v) is 2.50. The number of imide groups is 1. The summed E-state index contributed by atoms with van der Waals surface area (Å²) >= 11 is 7.19. The summed E-state index contributed by atoms with van der Waals surface area (Å²) in [6.45, 7) is 3.74. The Morgan fingerprint density at radius 2 is 2.17 bits per heavy atom. The first kappa shape index (κ1) is 14.8. The molecule has 0 saturated carbocycles. The zero-order valence-electron chi connectivity index (χ0n) is 10.0. The molecule has 0 saturated heterocycles. The van der Waals surface area contributed by atoms with Crippen molar-refractivity contribution >= 4 is 35.3 Å². The Bertz CT molecular complexity index is 454. The number of nitrogens with zero attached hydrogens (tertiary/aromatic N) is 1. The maximum absolute atomic E-state index is 11.8. The van der Waals surface area contributed by atoms with Crippen molar-refractivity contribution in [3.63, 3.8) is 0 Å². The number of carbonyl (C=O) groups excluding carboxylic acids is 2. The highest BCUT2D eigenvalue weighted by molar-refractivity contribution is 8.00. The van der Waals surface area contributed by atoms with E-state index in [0.717, 1.165) is 0 Å². The van der Waals surface area contributed by atoms with Gasteiger partial charge in [-0.1, -0.05) is 37.2 Å². The minimum absolute atomic E-state index is 0.00687. The van der Waals surface area contributed by atoms with Crippen molar-refractivity contribution in [1.29, 1.82) is 0 Å². The van der Waals surface area contributed by atoms with Crippen LogP contribution in [0.4, 0.5) is 4.79 Å². The van der Waals surface area contributed by atoms with Gasteiger partial charge >= 0.3 is 6.03 Å². The number of aromatic nitrogens is 1. The van der Waals surface area contributed by atoms with Crippen molar-refractivity contribution < 1.29 is 9.59 Å². The van der Waals surface area contributed by atoms with Crippen molar-refractivity contribution in [1.82, 2.24) is 10.3 Å². The lowest BCUT2D eigenvalue weighted by atomic mass is 10.1. The van der Waals surface area contributed by atoms with E-state index in [1.165, 1.54) is 11.8 Å². The van der Waals surface area contributed by atoms with Crippen LogP contribution in [0.3, 0.4) is 0 Å². The van der Waals surface area contributed by atoms with Crippen molar-refractivity contribution in [3.8, 4) is 0 Å². The molecule has 0 radical (unpaired) electrons. The molecule has 3 amide bonds. The molecule has 0 fully saturated rings. The number of urea groups is 1. The van der Waals surface area contributed by atoms with Crippen molar-refractivity contribution in [2.75, 3.05) is 0 Å². The van der Waals surface area contributed by atoms with Crippen LogP contribution in [-0.4, -0.2) is 22.2 Å². The lowest BCUT2D eigenvalue weighted by Gasteiger charge is -2.18. The summed E-state index contributed by atoms with van der Waals surface area (Å²) in [4.78, 5) is 26.6. The molecule has 0 aliphatic heterocycles. The predicted octanol–water partition coefficient (Wildman–Crippen LogP) is 2.05. The van der Waals surface area contributed by atoms with Crippen LogP contribution in [-0.2, 0) is 4.79 Å². The number of amides is 3. The summed E-state index contributed by atoms with van der Waals surface area (Å²) in [6.07, 6.45) is 1.59. The number of primary amides is 1. The van der Waals surface area contributed by atoms with Crippen molar-refractivity contribution in [2.24, 2.45) is 11.7 Å². The van der Waals surface area contributed by atoms with Gasteiger partial charge in [0.25, 0.3) is 0 Å². The molecule has 1 atom stereocenters. The molecule has 0 unspecified atom stereocenters. The van der Waals surface area contributed by atoms with E-state index in [9.17, 15) is 9.59 Å². The monoisotopic (exact) mass is 287 g/mol. The Hall–Kier alpha value is -1.27. The second kappa shape index (κ2) is 6.61. The van der Waals surface area contributed by atoms with E-state index in [0.29, 0.717) is 10.0 Å². The maximum atomic E-state index is 11.8. The van der Waals surface area contributed by atoms with Gasteiger partial charge in [0.15, 0.2) is 0 Å². The lowest BCUT2D eigenvalue weighted by Crippen LogP contribution is -2.42. The topological polar surface area (TPSA) is 85.1 Å². The van der Waals surface area contributed by atoms with Gasteiger partial charge in [-0.2, -0.15) is 0 Å². The minimum Gasteiger partial charge on any atom is -0.351 e. The van der Waals surface area contributed by atoms with E-state index in [1.54, 1.807) is 18.3 Å². The molecule has 1 aromatic heterocycles. The normalized spacial score (nSPS) is 12.2. The Morgan fingerprint density at radius 1 is 1.50 bits per heavy atom. The Labute approximate surface area is 114 Å². The number of hydrogen-bond donors (Lipinski definition) is 2. The minimum atomic E-state index is -0.863. The van der Waals surface area contributed by atoms with Gasteiger partial charge in [-0.05, 0) is 18.1 Å². The number of nitrogens with one attached hydrogen (secondary N) is 1. The molecule has 5 nitrogen and oxygen atoms in total. The number of hydrogen-bond acceptors (Lipinski definition) is 4. The highest BCUT2D eigenvalue weighted by Gasteiger charge is 2.25. The largest absolute Gasteiger partial charge is 0.351 e. The highest BCUT2D eigenvalue weighted by Crippen LogP contribution is 2.31. The van der Waals surface area contributed by atoms with Crippen LogP contribution in [0, 0.1) is 5.92 Å². The summed E-state index contributed by atoms with van der Waals surface area (Å²) in [6, 6.07) is 2.54. The first-order valence-corrected chi connectivity index (χ1v) is 6.55. The maximum Gasteiger partial charge on any atom is 0.318 e. The highest BCUT2D eigenvalue weighted by atomic mass is 35.5. The zero-order valence-corrected chi connectivity index (χ0v) is 11.6. The summed E-state index contributed by atoms with van der Waals surface area (Å²) in [5.41, 5.74) is 4.93. The Kier molecular flexibility index (Phi) is 5.43. The van der Waals surface area contributed by atoms with Crippen LogP contribution in [0.25, 0.3) is 0 Å². The molecule has 18 heavy (non-hydrogen) atoms. The van der Waals surface area contributed by atoms with Gasteiger partial charge in [-0.15, -0.1) is 0 Å². The average Bonchev–Trinajstić information content (AvgIpc) is 2.26. The van der Waals surface area contributed by atoms with Crippen LogP contribution in [0.1, 0.15) is 13.8 Å². The van der Waals surface area contributed by atoms with Crippen molar-refractivity contribution in [3.05, 3.63) is 23.4 Å². The van der Waals surface area contributed by atoms with Crippen LogP contribution in [0.5, 0.6) is 0 Å². The number of rotatable bonds is 4. The second-order valence-corrected chi connectivity index (χ2v) is 5.46. The standard InChI is InChI=1S/C11H14ClN3O2S/c1-6(2)8(9(16)15-11(13)17)18-10-7(12)4-3-5-14-10/h3-6,8H,1-2H3,(H3,13,15,16,17)/t8-/m1/s1. The van der Waals surface area contributed by atoms with Crippen LogP contribution in [0.15, 0.2) is 23.4 Å². The number of thioether (sulfide) groups is 1. The molecule has 1 aromatic rings. The van der Waals surface area contributed by atoms with Crippen LogP contribution < -0.4 is 11.1 Å². The second-order valence-electron chi connectivity index (χ2n) is 3.93. The molecule has 7 heteroatoms. The van der Waals surface area contributed by atoms with E-state index >= 15 is 0 Å². The molecule has 0 bridgehead atoms. The van der Waals surface area contributed by atoms with E-state index in [-0.39, 0.29) is 5.92 Å². The number of nitrogens with two attached hydrogens (primary N) is 1. The van der Waals surface area contributed by atoms with E-state index in [1.807, 2.05) is 13.8 Å². The van der Waals surface area contributed by atoms with E-state index in [4.69, 9.17) is 17.3 Å². The SMILES string of the molecule is CC(C)[C@@H](Sc1ncccc1Cl)C(=O)NC(N)=O. The first-order valence-electron chi connectivity index (χ1n) is 5.29. The molecule has 0 spiro atoms. The molecular weight excluding hydrogens is 274 g/mol. The average molecular weight is 288 g/mol. The quantitative estimate of drug-likeness (QED) is 0.830. The van der Waals surface area contributed by atoms with Crippen molar-refractivity contribution in [2.45, 2.75) is 24.1 Å². The molecule has 1 rings (SSSR count). The first-order chi connectivity index (χ1) is 8.41.